The Hall–Kier alpha value is -1.52. The van der Waals surface area contributed by atoms with Gasteiger partial charge in [0.25, 0.3) is 5.91 Å². The van der Waals surface area contributed by atoms with Crippen molar-refractivity contribution in [3.63, 3.8) is 0 Å². The molecule has 0 heterocycles. The Morgan fingerprint density at radius 2 is 2.00 bits per heavy atom. The number of hydrogen-bond acceptors (Lipinski definition) is 2. The van der Waals surface area contributed by atoms with Gasteiger partial charge in [0.05, 0.1) is 10.7 Å². The highest BCUT2D eigenvalue weighted by molar-refractivity contribution is 9.10. The van der Waals surface area contributed by atoms with Crippen molar-refractivity contribution < 1.29 is 9.53 Å². The van der Waals surface area contributed by atoms with Crippen molar-refractivity contribution in [2.75, 3.05) is 18.6 Å². The number of likely N-dealkylation sites (N-methyl/N-ethyl adjacent to an activating group) is 1. The molecular weight excluding hydrogens is 354 g/mol. The molecule has 21 heavy (non-hydrogen) atoms. The Balaban J connectivity index is 2.05. The van der Waals surface area contributed by atoms with Gasteiger partial charge in [-0.25, -0.2) is 0 Å². The third-order valence-electron chi connectivity index (χ3n) is 3.09. The van der Waals surface area contributed by atoms with Crippen LogP contribution in [-0.4, -0.2) is 19.6 Å². The molecule has 0 aliphatic heterocycles. The van der Waals surface area contributed by atoms with Crippen molar-refractivity contribution in [1.82, 2.24) is 0 Å². The number of aryl methyl sites for hydroxylation is 1. The van der Waals surface area contributed by atoms with Crippen LogP contribution in [0.5, 0.6) is 5.75 Å². The summed E-state index contributed by atoms with van der Waals surface area (Å²) in [6.07, 6.45) is 0. The summed E-state index contributed by atoms with van der Waals surface area (Å²) in [5, 5.41) is 0.510. The van der Waals surface area contributed by atoms with E-state index >= 15 is 0 Å². The van der Waals surface area contributed by atoms with Crippen LogP contribution in [0.1, 0.15) is 5.56 Å². The van der Waals surface area contributed by atoms with E-state index in [4.69, 9.17) is 16.3 Å². The number of benzene rings is 2. The predicted molar refractivity (Wildman–Crippen MR) is 89.2 cm³/mol. The number of carbonyl (C=O) groups excluding carboxylic acids is 1. The van der Waals surface area contributed by atoms with Gasteiger partial charge in [-0.15, -0.1) is 0 Å². The molecular formula is C16H15BrClNO2. The second kappa shape index (κ2) is 6.96. The van der Waals surface area contributed by atoms with Gasteiger partial charge in [0.2, 0.25) is 0 Å². The van der Waals surface area contributed by atoms with E-state index in [1.165, 1.54) is 4.90 Å². The Morgan fingerprint density at radius 3 is 2.67 bits per heavy atom. The average Bonchev–Trinajstić information content (AvgIpc) is 2.45. The number of carbonyl (C=O) groups is 1. The van der Waals surface area contributed by atoms with Crippen molar-refractivity contribution in [2.45, 2.75) is 6.92 Å². The standard InChI is InChI=1S/C16H15BrClNO2/c1-11-5-3-4-6-15(11)21-10-16(20)19(2)14-8-7-12(17)9-13(14)18/h3-9H,10H2,1-2H3. The third kappa shape index (κ3) is 3.99. The zero-order valence-electron chi connectivity index (χ0n) is 11.8. The van der Waals surface area contributed by atoms with Gasteiger partial charge in [0.15, 0.2) is 6.61 Å². The minimum atomic E-state index is -0.164. The molecule has 0 saturated carbocycles. The van der Waals surface area contributed by atoms with Gasteiger partial charge in [-0.2, -0.15) is 0 Å². The monoisotopic (exact) mass is 367 g/mol. The van der Waals surface area contributed by atoms with Crippen LogP contribution in [0, 0.1) is 6.92 Å². The first-order valence-electron chi connectivity index (χ1n) is 6.39. The molecule has 0 unspecified atom stereocenters. The molecule has 0 saturated heterocycles. The molecule has 0 atom stereocenters. The summed E-state index contributed by atoms with van der Waals surface area (Å²) in [5.41, 5.74) is 1.65. The smallest absolute Gasteiger partial charge is 0.264 e. The van der Waals surface area contributed by atoms with Crippen LogP contribution in [0.25, 0.3) is 0 Å². The van der Waals surface area contributed by atoms with E-state index in [9.17, 15) is 4.79 Å². The summed E-state index contributed by atoms with van der Waals surface area (Å²) < 4.78 is 6.43. The van der Waals surface area contributed by atoms with Crippen molar-refractivity contribution in [1.29, 1.82) is 0 Å². The molecule has 2 aromatic carbocycles. The second-order valence-electron chi connectivity index (χ2n) is 4.60. The van der Waals surface area contributed by atoms with Crippen LogP contribution < -0.4 is 9.64 Å². The molecule has 1 amide bonds. The number of amides is 1. The molecule has 5 heteroatoms. The van der Waals surface area contributed by atoms with E-state index < -0.39 is 0 Å². The Morgan fingerprint density at radius 1 is 1.29 bits per heavy atom. The number of rotatable bonds is 4. The lowest BCUT2D eigenvalue weighted by Crippen LogP contribution is -2.31. The zero-order valence-corrected chi connectivity index (χ0v) is 14.1. The summed E-state index contributed by atoms with van der Waals surface area (Å²) >= 11 is 9.49. The molecule has 0 fully saturated rings. The lowest BCUT2D eigenvalue weighted by Gasteiger charge is -2.19. The van der Waals surface area contributed by atoms with Crippen LogP contribution >= 0.6 is 27.5 Å². The quantitative estimate of drug-likeness (QED) is 0.798. The molecule has 110 valence electrons. The fourth-order valence-corrected chi connectivity index (χ4v) is 2.64. The van der Waals surface area contributed by atoms with Gasteiger partial charge in [0, 0.05) is 11.5 Å². The number of nitrogens with zero attached hydrogens (tertiary/aromatic N) is 1. The van der Waals surface area contributed by atoms with Gasteiger partial charge < -0.3 is 9.64 Å². The molecule has 0 spiro atoms. The third-order valence-corrected chi connectivity index (χ3v) is 3.89. The van der Waals surface area contributed by atoms with E-state index in [0.717, 1.165) is 10.0 Å². The van der Waals surface area contributed by atoms with E-state index in [0.29, 0.717) is 16.5 Å². The van der Waals surface area contributed by atoms with Crippen molar-refractivity contribution in [2.24, 2.45) is 0 Å². The first-order chi connectivity index (χ1) is 9.99. The first-order valence-corrected chi connectivity index (χ1v) is 7.56. The summed E-state index contributed by atoms with van der Waals surface area (Å²) in [6.45, 7) is 1.91. The highest BCUT2D eigenvalue weighted by Crippen LogP contribution is 2.28. The Kier molecular flexibility index (Phi) is 5.26. The number of hydrogen-bond donors (Lipinski definition) is 0. The molecule has 0 aromatic heterocycles. The van der Waals surface area contributed by atoms with Crippen LogP contribution in [0.15, 0.2) is 46.9 Å². The van der Waals surface area contributed by atoms with Gasteiger partial charge >= 0.3 is 0 Å². The normalized spacial score (nSPS) is 10.3. The molecule has 3 nitrogen and oxygen atoms in total. The van der Waals surface area contributed by atoms with Crippen LogP contribution in [0.3, 0.4) is 0 Å². The lowest BCUT2D eigenvalue weighted by molar-refractivity contribution is -0.120. The van der Waals surface area contributed by atoms with E-state index in [1.54, 1.807) is 19.2 Å². The first kappa shape index (κ1) is 15.9. The number of halogens is 2. The molecule has 0 aliphatic carbocycles. The molecule has 0 aliphatic rings. The average molecular weight is 369 g/mol. The molecule has 2 aromatic rings. The summed E-state index contributed by atoms with van der Waals surface area (Å²) in [5.74, 6) is 0.545. The summed E-state index contributed by atoms with van der Waals surface area (Å²) in [4.78, 5) is 13.7. The SMILES string of the molecule is Cc1ccccc1OCC(=O)N(C)c1ccc(Br)cc1Cl. The largest absolute Gasteiger partial charge is 0.483 e. The van der Waals surface area contributed by atoms with E-state index in [-0.39, 0.29) is 12.5 Å². The van der Waals surface area contributed by atoms with Crippen LogP contribution in [0.4, 0.5) is 5.69 Å². The fourth-order valence-electron chi connectivity index (χ4n) is 1.84. The number of ether oxygens (including phenoxy) is 1. The maximum absolute atomic E-state index is 12.2. The minimum absolute atomic E-state index is 0.0340. The fraction of sp³-hybridized carbons (Fsp3) is 0.188. The van der Waals surface area contributed by atoms with Crippen LogP contribution in [-0.2, 0) is 4.79 Å². The molecule has 0 bridgehead atoms. The van der Waals surface area contributed by atoms with Crippen molar-refractivity contribution in [3.8, 4) is 5.75 Å². The van der Waals surface area contributed by atoms with Crippen molar-refractivity contribution in [3.05, 3.63) is 57.5 Å². The zero-order chi connectivity index (χ0) is 15.4. The number of para-hydroxylation sites is 1. The Bertz CT molecular complexity index is 660. The summed E-state index contributed by atoms with van der Waals surface area (Å²) in [7, 11) is 1.68. The maximum Gasteiger partial charge on any atom is 0.264 e. The molecule has 0 radical (unpaired) electrons. The number of anilines is 1. The van der Waals surface area contributed by atoms with Crippen LogP contribution in [0.2, 0.25) is 5.02 Å². The van der Waals surface area contributed by atoms with E-state index in [1.807, 2.05) is 37.3 Å². The lowest BCUT2D eigenvalue weighted by atomic mass is 10.2. The second-order valence-corrected chi connectivity index (χ2v) is 5.93. The van der Waals surface area contributed by atoms with E-state index in [2.05, 4.69) is 15.9 Å². The summed E-state index contributed by atoms with van der Waals surface area (Å²) in [6, 6.07) is 13.0. The maximum atomic E-state index is 12.2. The Labute approximate surface area is 137 Å². The van der Waals surface area contributed by atoms with Gasteiger partial charge in [-0.3, -0.25) is 4.79 Å². The van der Waals surface area contributed by atoms with Gasteiger partial charge in [-0.1, -0.05) is 45.7 Å². The molecule has 0 N–H and O–H groups in total. The minimum Gasteiger partial charge on any atom is -0.483 e. The molecule has 2 rings (SSSR count). The van der Waals surface area contributed by atoms with Crippen molar-refractivity contribution >= 4 is 39.1 Å². The highest BCUT2D eigenvalue weighted by atomic mass is 79.9. The highest BCUT2D eigenvalue weighted by Gasteiger charge is 2.15. The van der Waals surface area contributed by atoms with Gasteiger partial charge in [-0.05, 0) is 36.8 Å². The topological polar surface area (TPSA) is 29.5 Å². The predicted octanol–water partition coefficient (Wildman–Crippen LogP) is 4.45. The van der Waals surface area contributed by atoms with Gasteiger partial charge in [0.1, 0.15) is 5.75 Å².